The van der Waals surface area contributed by atoms with Crippen molar-refractivity contribution in [2.24, 2.45) is 0 Å². The normalized spacial score (nSPS) is 11.0. The maximum atomic E-state index is 12.0. The number of thiazole rings is 1. The number of nitrogens with zero attached hydrogens (tertiary/aromatic N) is 2. The molecule has 1 N–H and O–H groups in total. The zero-order valence-electron chi connectivity index (χ0n) is 12.1. The lowest BCUT2D eigenvalue weighted by Gasteiger charge is -2.13. The molecule has 108 valence electrons. The third-order valence-corrected chi connectivity index (χ3v) is 4.30. The van der Waals surface area contributed by atoms with Crippen LogP contribution in [-0.4, -0.2) is 9.38 Å². The first kappa shape index (κ1) is 13.8. The molecule has 0 unspecified atom stereocenters. The van der Waals surface area contributed by atoms with E-state index >= 15 is 0 Å². The standard InChI is InChI=1S/C16H17N3OS/c1-3-12-6-4-5-11(2)15(12)17-10-13-9-14(20)19-7-8-21-16(19)18-13/h4-9,17H,3,10H2,1-2H3. The molecule has 0 aliphatic heterocycles. The smallest absolute Gasteiger partial charge is 0.258 e. The number of aromatic nitrogens is 2. The van der Waals surface area contributed by atoms with Gasteiger partial charge >= 0.3 is 0 Å². The molecule has 2 heterocycles. The molecule has 1 aromatic carbocycles. The molecular formula is C16H17N3OS. The van der Waals surface area contributed by atoms with Gasteiger partial charge < -0.3 is 5.32 Å². The number of hydrogen-bond donors (Lipinski definition) is 1. The Bertz CT molecular complexity index is 835. The molecule has 5 heteroatoms. The van der Waals surface area contributed by atoms with Crippen LogP contribution in [0.1, 0.15) is 23.7 Å². The van der Waals surface area contributed by atoms with Crippen LogP contribution >= 0.6 is 11.3 Å². The van der Waals surface area contributed by atoms with Crippen molar-refractivity contribution in [3.63, 3.8) is 0 Å². The lowest BCUT2D eigenvalue weighted by molar-refractivity contribution is 0.982. The van der Waals surface area contributed by atoms with Crippen LogP contribution in [0.4, 0.5) is 5.69 Å². The summed E-state index contributed by atoms with van der Waals surface area (Å²) in [5.41, 5.74) is 4.38. The van der Waals surface area contributed by atoms with E-state index in [4.69, 9.17) is 0 Å². The fourth-order valence-corrected chi connectivity index (χ4v) is 3.17. The maximum Gasteiger partial charge on any atom is 0.258 e. The Labute approximate surface area is 127 Å². The second kappa shape index (κ2) is 5.69. The molecule has 3 aromatic rings. The molecule has 4 nitrogen and oxygen atoms in total. The van der Waals surface area contributed by atoms with E-state index in [0.29, 0.717) is 6.54 Å². The predicted molar refractivity (Wildman–Crippen MR) is 87.2 cm³/mol. The van der Waals surface area contributed by atoms with E-state index in [0.717, 1.165) is 22.8 Å². The largest absolute Gasteiger partial charge is 0.379 e. The molecule has 0 bridgehead atoms. The molecular weight excluding hydrogens is 282 g/mol. The summed E-state index contributed by atoms with van der Waals surface area (Å²) in [5.74, 6) is 0. The Hall–Kier alpha value is -2.14. The Morgan fingerprint density at radius 1 is 1.38 bits per heavy atom. The quantitative estimate of drug-likeness (QED) is 0.804. The molecule has 2 aromatic heterocycles. The van der Waals surface area contributed by atoms with E-state index in [1.807, 2.05) is 5.38 Å². The van der Waals surface area contributed by atoms with Crippen LogP contribution in [0.3, 0.4) is 0 Å². The first-order chi connectivity index (χ1) is 10.2. The van der Waals surface area contributed by atoms with Gasteiger partial charge in [0.1, 0.15) is 0 Å². The number of rotatable bonds is 4. The minimum absolute atomic E-state index is 0.0291. The second-order valence-corrected chi connectivity index (χ2v) is 5.83. The third-order valence-electron chi connectivity index (χ3n) is 3.54. The van der Waals surface area contributed by atoms with Gasteiger partial charge in [-0.3, -0.25) is 9.20 Å². The zero-order chi connectivity index (χ0) is 14.8. The molecule has 0 aliphatic carbocycles. The molecule has 0 aliphatic rings. The van der Waals surface area contributed by atoms with Crippen LogP contribution in [0.2, 0.25) is 0 Å². The van der Waals surface area contributed by atoms with E-state index < -0.39 is 0 Å². The number of hydrogen-bond acceptors (Lipinski definition) is 4. The van der Waals surface area contributed by atoms with E-state index in [2.05, 4.69) is 42.3 Å². The van der Waals surface area contributed by atoms with Gasteiger partial charge in [-0.05, 0) is 24.5 Å². The summed E-state index contributed by atoms with van der Waals surface area (Å²) in [4.78, 5) is 17.2. The first-order valence-corrected chi connectivity index (χ1v) is 7.85. The van der Waals surface area contributed by atoms with E-state index in [1.165, 1.54) is 22.5 Å². The summed E-state index contributed by atoms with van der Waals surface area (Å²) in [5, 5.41) is 5.30. The molecule has 0 atom stereocenters. The predicted octanol–water partition coefficient (Wildman–Crippen LogP) is 3.24. The van der Waals surface area contributed by atoms with Crippen molar-refractivity contribution in [1.82, 2.24) is 9.38 Å². The average Bonchev–Trinajstić information content (AvgIpc) is 2.94. The monoisotopic (exact) mass is 299 g/mol. The van der Waals surface area contributed by atoms with Crippen molar-refractivity contribution in [1.29, 1.82) is 0 Å². The number of fused-ring (bicyclic) bond motifs is 1. The van der Waals surface area contributed by atoms with Crippen molar-refractivity contribution in [3.8, 4) is 0 Å². The minimum Gasteiger partial charge on any atom is -0.379 e. The lowest BCUT2D eigenvalue weighted by Crippen LogP contribution is -2.15. The van der Waals surface area contributed by atoms with Gasteiger partial charge in [-0.15, -0.1) is 11.3 Å². The Morgan fingerprint density at radius 3 is 3.05 bits per heavy atom. The molecule has 0 radical (unpaired) electrons. The highest BCUT2D eigenvalue weighted by atomic mass is 32.1. The molecule has 0 spiro atoms. The van der Waals surface area contributed by atoms with E-state index in [-0.39, 0.29) is 5.56 Å². The van der Waals surface area contributed by atoms with Gasteiger partial charge in [-0.2, -0.15) is 0 Å². The Morgan fingerprint density at radius 2 is 2.24 bits per heavy atom. The van der Waals surface area contributed by atoms with Crippen molar-refractivity contribution in [3.05, 3.63) is 63.0 Å². The van der Waals surface area contributed by atoms with Gasteiger partial charge in [0.25, 0.3) is 5.56 Å². The Balaban J connectivity index is 1.88. The fourth-order valence-electron chi connectivity index (χ4n) is 2.43. The van der Waals surface area contributed by atoms with E-state index in [9.17, 15) is 4.79 Å². The Kier molecular flexibility index (Phi) is 3.75. The number of anilines is 1. The lowest BCUT2D eigenvalue weighted by atomic mass is 10.1. The second-order valence-electron chi connectivity index (χ2n) is 4.96. The fraction of sp³-hybridized carbons (Fsp3) is 0.250. The molecule has 21 heavy (non-hydrogen) atoms. The SMILES string of the molecule is CCc1cccc(C)c1NCc1cc(=O)n2ccsc2n1. The van der Waals surface area contributed by atoms with Gasteiger partial charge in [0.05, 0.1) is 12.2 Å². The minimum atomic E-state index is -0.0291. The summed E-state index contributed by atoms with van der Waals surface area (Å²) in [6.45, 7) is 4.79. The summed E-state index contributed by atoms with van der Waals surface area (Å²) in [6, 6.07) is 7.88. The first-order valence-electron chi connectivity index (χ1n) is 6.97. The molecule has 0 saturated heterocycles. The number of para-hydroxylation sites is 1. The maximum absolute atomic E-state index is 12.0. The van der Waals surface area contributed by atoms with Crippen LogP contribution in [0.25, 0.3) is 4.96 Å². The van der Waals surface area contributed by atoms with Gasteiger partial charge in [-0.1, -0.05) is 25.1 Å². The topological polar surface area (TPSA) is 46.4 Å². The molecule has 3 rings (SSSR count). The number of nitrogens with one attached hydrogen (secondary N) is 1. The summed E-state index contributed by atoms with van der Waals surface area (Å²) >= 11 is 1.47. The van der Waals surface area contributed by atoms with Crippen LogP contribution < -0.4 is 10.9 Å². The molecule has 0 saturated carbocycles. The number of aryl methyl sites for hydroxylation is 2. The van der Waals surface area contributed by atoms with Gasteiger partial charge in [-0.25, -0.2) is 4.98 Å². The average molecular weight is 299 g/mol. The van der Waals surface area contributed by atoms with Crippen LogP contribution in [-0.2, 0) is 13.0 Å². The van der Waals surface area contributed by atoms with Crippen LogP contribution in [0.5, 0.6) is 0 Å². The highest BCUT2D eigenvalue weighted by Crippen LogP contribution is 2.21. The van der Waals surface area contributed by atoms with Gasteiger partial charge in [0.15, 0.2) is 4.96 Å². The van der Waals surface area contributed by atoms with Gasteiger partial charge in [0.2, 0.25) is 0 Å². The van der Waals surface area contributed by atoms with Gasteiger partial charge in [0, 0.05) is 23.3 Å². The number of benzene rings is 1. The van der Waals surface area contributed by atoms with Crippen molar-refractivity contribution in [2.45, 2.75) is 26.8 Å². The summed E-state index contributed by atoms with van der Waals surface area (Å²) in [6.07, 6.45) is 2.73. The van der Waals surface area contributed by atoms with Crippen LogP contribution in [0.15, 0.2) is 40.6 Å². The zero-order valence-corrected chi connectivity index (χ0v) is 12.9. The third kappa shape index (κ3) is 2.69. The van der Waals surface area contributed by atoms with Crippen molar-refractivity contribution in [2.75, 3.05) is 5.32 Å². The highest BCUT2D eigenvalue weighted by Gasteiger charge is 2.06. The summed E-state index contributed by atoms with van der Waals surface area (Å²) in [7, 11) is 0. The summed E-state index contributed by atoms with van der Waals surface area (Å²) < 4.78 is 1.57. The van der Waals surface area contributed by atoms with E-state index in [1.54, 1.807) is 16.7 Å². The van der Waals surface area contributed by atoms with Crippen LogP contribution in [0, 0.1) is 6.92 Å². The molecule has 0 amide bonds. The van der Waals surface area contributed by atoms with Crippen molar-refractivity contribution >= 4 is 22.0 Å². The molecule has 0 fully saturated rings. The highest BCUT2D eigenvalue weighted by molar-refractivity contribution is 7.15. The van der Waals surface area contributed by atoms with Crippen molar-refractivity contribution < 1.29 is 0 Å².